The fourth-order valence-corrected chi connectivity index (χ4v) is 5.85. The molecule has 2 aliphatic rings. The van der Waals surface area contributed by atoms with Gasteiger partial charge in [0, 0.05) is 31.6 Å². The van der Waals surface area contributed by atoms with Gasteiger partial charge in [0.25, 0.3) is 0 Å². The van der Waals surface area contributed by atoms with Crippen molar-refractivity contribution < 1.29 is 38.4 Å². The van der Waals surface area contributed by atoms with Crippen molar-refractivity contribution in [3.05, 3.63) is 42.0 Å². The maximum atomic E-state index is 13.6. The summed E-state index contributed by atoms with van der Waals surface area (Å²) in [5.74, 6) is 0.528. The fraction of sp³-hybridized carbons (Fsp3) is 0.548. The van der Waals surface area contributed by atoms with Crippen molar-refractivity contribution >= 4 is 11.9 Å². The minimum atomic E-state index is -0.931. The first-order valence-corrected chi connectivity index (χ1v) is 14.6. The average Bonchev–Trinajstić information content (AvgIpc) is 3.62. The molecule has 2 aromatic rings. The quantitative estimate of drug-likeness (QED) is 0.302. The molecule has 0 radical (unpaired) electrons. The molecule has 0 aromatic heterocycles. The molecule has 3 N–H and O–H groups in total. The Kier molecular flexibility index (Phi) is 11.1. The lowest BCUT2D eigenvalue weighted by molar-refractivity contribution is -0.144. The summed E-state index contributed by atoms with van der Waals surface area (Å²) in [6.45, 7) is 4.62. The number of rotatable bonds is 16. The number of methoxy groups -OCH3 is 2. The zero-order valence-electron chi connectivity index (χ0n) is 24.8. The third-order valence-corrected chi connectivity index (χ3v) is 7.99. The lowest BCUT2D eigenvalue weighted by Gasteiger charge is -2.29. The molecule has 2 heterocycles. The van der Waals surface area contributed by atoms with Crippen molar-refractivity contribution in [2.24, 2.45) is 11.7 Å². The van der Waals surface area contributed by atoms with Gasteiger partial charge in [-0.1, -0.05) is 25.5 Å². The molecule has 2 aromatic carbocycles. The number of para-hydroxylation sites is 2. The first kappa shape index (κ1) is 31.2. The molecule has 230 valence electrons. The van der Waals surface area contributed by atoms with Gasteiger partial charge in [0.2, 0.25) is 18.4 Å². The minimum Gasteiger partial charge on any atom is -0.493 e. The Morgan fingerprint density at radius 2 is 1.81 bits per heavy atom. The van der Waals surface area contributed by atoms with E-state index in [2.05, 4.69) is 6.92 Å². The first-order chi connectivity index (χ1) is 20.4. The van der Waals surface area contributed by atoms with E-state index in [4.69, 9.17) is 29.4 Å². The predicted molar refractivity (Wildman–Crippen MR) is 157 cm³/mol. The molecule has 11 nitrogen and oxygen atoms in total. The van der Waals surface area contributed by atoms with Gasteiger partial charge in [0.05, 0.1) is 33.3 Å². The second kappa shape index (κ2) is 15.0. The molecular formula is C31H43N3O8. The summed E-state index contributed by atoms with van der Waals surface area (Å²) in [5.41, 5.74) is 6.51. The van der Waals surface area contributed by atoms with Crippen LogP contribution in [0.2, 0.25) is 0 Å². The van der Waals surface area contributed by atoms with Gasteiger partial charge in [0.15, 0.2) is 23.0 Å². The van der Waals surface area contributed by atoms with Gasteiger partial charge in [-0.15, -0.1) is 0 Å². The monoisotopic (exact) mass is 585 g/mol. The van der Waals surface area contributed by atoms with E-state index in [9.17, 15) is 14.7 Å². The van der Waals surface area contributed by atoms with Crippen LogP contribution >= 0.6 is 0 Å². The van der Waals surface area contributed by atoms with Crippen molar-refractivity contribution in [2.75, 3.05) is 60.3 Å². The molecule has 1 saturated heterocycles. The van der Waals surface area contributed by atoms with Crippen molar-refractivity contribution in [1.82, 2.24) is 9.80 Å². The Hall–Kier alpha value is -3.70. The van der Waals surface area contributed by atoms with E-state index in [1.54, 1.807) is 14.2 Å². The largest absolute Gasteiger partial charge is 0.493 e. The summed E-state index contributed by atoms with van der Waals surface area (Å²) in [6.07, 6.45) is 2.97. The van der Waals surface area contributed by atoms with E-state index in [1.807, 2.05) is 46.2 Å². The maximum Gasteiger partial charge on any atom is 0.308 e. The zero-order chi connectivity index (χ0) is 30.1. The average molecular weight is 586 g/mol. The number of carboxylic acid groups (broad SMARTS) is 1. The van der Waals surface area contributed by atoms with Crippen LogP contribution in [0.25, 0.3) is 0 Å². The summed E-state index contributed by atoms with van der Waals surface area (Å²) in [4.78, 5) is 30.3. The Morgan fingerprint density at radius 3 is 2.50 bits per heavy atom. The van der Waals surface area contributed by atoms with E-state index in [0.717, 1.165) is 18.4 Å². The molecule has 4 rings (SSSR count). The van der Waals surface area contributed by atoms with Crippen molar-refractivity contribution in [3.63, 3.8) is 0 Å². The number of unbranched alkanes of at least 4 members (excludes halogenated alkanes) is 1. The van der Waals surface area contributed by atoms with Gasteiger partial charge in [-0.25, -0.2) is 0 Å². The van der Waals surface area contributed by atoms with E-state index in [0.29, 0.717) is 67.8 Å². The number of benzene rings is 2. The molecule has 0 spiro atoms. The molecule has 0 bridgehead atoms. The lowest BCUT2D eigenvalue weighted by Crippen LogP contribution is -2.45. The van der Waals surface area contributed by atoms with Crippen LogP contribution in [-0.4, -0.2) is 93.2 Å². The van der Waals surface area contributed by atoms with Crippen LogP contribution in [0.3, 0.4) is 0 Å². The summed E-state index contributed by atoms with van der Waals surface area (Å²) in [6, 6.07) is 10.5. The van der Waals surface area contributed by atoms with Gasteiger partial charge in [-0.2, -0.15) is 0 Å². The van der Waals surface area contributed by atoms with E-state index >= 15 is 0 Å². The number of nitrogens with zero attached hydrogens (tertiary/aromatic N) is 2. The van der Waals surface area contributed by atoms with E-state index in [-0.39, 0.29) is 25.9 Å². The highest BCUT2D eigenvalue weighted by atomic mass is 16.7. The van der Waals surface area contributed by atoms with Crippen molar-refractivity contribution in [1.29, 1.82) is 0 Å². The van der Waals surface area contributed by atoms with Crippen LogP contribution < -0.4 is 29.4 Å². The van der Waals surface area contributed by atoms with Crippen LogP contribution in [0.15, 0.2) is 36.4 Å². The molecule has 0 saturated carbocycles. The molecule has 3 atom stereocenters. The van der Waals surface area contributed by atoms with Gasteiger partial charge < -0.3 is 39.4 Å². The number of carbonyl (C=O) groups is 2. The number of nitrogens with two attached hydrogens (primary N) is 1. The Morgan fingerprint density at radius 1 is 1.07 bits per heavy atom. The zero-order valence-corrected chi connectivity index (χ0v) is 24.8. The molecule has 1 fully saturated rings. The molecule has 0 aliphatic carbocycles. The number of fused-ring (bicyclic) bond motifs is 1. The Labute approximate surface area is 247 Å². The van der Waals surface area contributed by atoms with Crippen LogP contribution in [0.1, 0.15) is 44.1 Å². The SMILES string of the molecule is CCCCN(CCCN)C(=O)CN1CC(c2cc(OC)c3c(c2)OCO3)C(C(=O)O)C1CCOc1ccccc1OC. The van der Waals surface area contributed by atoms with Crippen molar-refractivity contribution in [2.45, 2.75) is 44.6 Å². The van der Waals surface area contributed by atoms with E-state index < -0.39 is 23.8 Å². The molecule has 42 heavy (non-hydrogen) atoms. The third-order valence-electron chi connectivity index (χ3n) is 7.99. The molecule has 11 heteroatoms. The smallest absolute Gasteiger partial charge is 0.308 e. The number of likely N-dealkylation sites (tertiary alicyclic amines) is 1. The number of aliphatic carboxylic acids is 1. The van der Waals surface area contributed by atoms with Crippen LogP contribution in [0.5, 0.6) is 28.7 Å². The number of hydrogen-bond donors (Lipinski definition) is 2. The van der Waals surface area contributed by atoms with Crippen molar-refractivity contribution in [3.8, 4) is 28.7 Å². The summed E-state index contributed by atoms with van der Waals surface area (Å²) in [5, 5.41) is 10.5. The maximum absolute atomic E-state index is 13.6. The molecule has 2 aliphatic heterocycles. The minimum absolute atomic E-state index is 0.0272. The Balaban J connectivity index is 1.61. The van der Waals surface area contributed by atoms with Gasteiger partial charge in [-0.05, 0) is 55.6 Å². The highest BCUT2D eigenvalue weighted by Crippen LogP contribution is 2.47. The van der Waals surface area contributed by atoms with Gasteiger partial charge in [-0.3, -0.25) is 14.5 Å². The molecular weight excluding hydrogens is 542 g/mol. The summed E-state index contributed by atoms with van der Waals surface area (Å²) in [7, 11) is 3.12. The van der Waals surface area contributed by atoms with Crippen LogP contribution in [-0.2, 0) is 9.59 Å². The topological polar surface area (TPSA) is 133 Å². The van der Waals surface area contributed by atoms with Crippen LogP contribution in [0, 0.1) is 5.92 Å². The predicted octanol–water partition coefficient (Wildman–Crippen LogP) is 3.35. The molecule has 1 amide bonds. The lowest BCUT2D eigenvalue weighted by atomic mass is 9.84. The second-order valence-electron chi connectivity index (χ2n) is 10.6. The second-order valence-corrected chi connectivity index (χ2v) is 10.6. The number of hydrogen-bond acceptors (Lipinski definition) is 9. The fourth-order valence-electron chi connectivity index (χ4n) is 5.85. The van der Waals surface area contributed by atoms with Crippen LogP contribution in [0.4, 0.5) is 0 Å². The number of carbonyl (C=O) groups excluding carboxylic acids is 1. The molecule has 3 unspecified atom stereocenters. The normalized spacial score (nSPS) is 19.5. The van der Waals surface area contributed by atoms with E-state index in [1.165, 1.54) is 0 Å². The van der Waals surface area contributed by atoms with Gasteiger partial charge >= 0.3 is 5.97 Å². The number of amides is 1. The first-order valence-electron chi connectivity index (χ1n) is 14.6. The third kappa shape index (κ3) is 7.19. The number of carboxylic acids is 1. The Bertz CT molecular complexity index is 1200. The standard InChI is InChI=1S/C31H43N3O8/c1-4-5-13-33(14-8-12-32)28(35)19-34-18-22(21-16-26(39-3)30-27(17-21)41-20-42-30)29(31(36)37)23(34)11-15-40-25-10-7-6-9-24(25)38-2/h6-7,9-10,16-17,22-23,29H,4-5,8,11-15,18-20,32H2,1-3H3,(H,36,37). The highest BCUT2D eigenvalue weighted by molar-refractivity contribution is 5.79. The highest BCUT2D eigenvalue weighted by Gasteiger charge is 2.47. The number of ether oxygens (including phenoxy) is 5. The van der Waals surface area contributed by atoms with Gasteiger partial charge in [0.1, 0.15) is 0 Å². The summed E-state index contributed by atoms with van der Waals surface area (Å²) < 4.78 is 28.2. The summed E-state index contributed by atoms with van der Waals surface area (Å²) >= 11 is 0.